The number of nitrogens with one attached hydrogen (secondary N) is 1. The highest BCUT2D eigenvalue weighted by molar-refractivity contribution is 6.76. The van der Waals surface area contributed by atoms with E-state index in [9.17, 15) is 0 Å². The van der Waals surface area contributed by atoms with Crippen molar-refractivity contribution in [3.8, 4) is 5.88 Å². The topological polar surface area (TPSA) is 61.2 Å². The molecule has 120 valence electrons. The monoisotopic (exact) mass is 320 g/mol. The maximum absolute atomic E-state index is 5.73. The lowest BCUT2D eigenvalue weighted by Crippen LogP contribution is -2.22. The highest BCUT2D eigenvalue weighted by atomic mass is 28.3. The van der Waals surface area contributed by atoms with Gasteiger partial charge < -0.3 is 14.8 Å². The van der Waals surface area contributed by atoms with Gasteiger partial charge in [-0.3, -0.25) is 0 Å². The van der Waals surface area contributed by atoms with Crippen molar-refractivity contribution in [2.75, 3.05) is 19.0 Å². The molecule has 0 unspecified atom stereocenters. The third kappa shape index (κ3) is 5.16. The van der Waals surface area contributed by atoms with E-state index < -0.39 is 8.07 Å². The highest BCUT2D eigenvalue weighted by Crippen LogP contribution is 2.17. The Kier molecular flexibility index (Phi) is 5.56. The van der Waals surface area contributed by atoms with Gasteiger partial charge in [-0.25, -0.2) is 9.67 Å². The van der Waals surface area contributed by atoms with E-state index in [0.29, 0.717) is 12.6 Å². The molecule has 6 nitrogen and oxygen atoms in total. The number of hydrogen-bond acceptors (Lipinski definition) is 5. The number of nitrogens with zero attached hydrogens (tertiary/aromatic N) is 3. The minimum atomic E-state index is -1.05. The minimum Gasteiger partial charge on any atom is -0.481 e. The predicted octanol–water partition coefficient (Wildman–Crippen LogP) is 3.34. The summed E-state index contributed by atoms with van der Waals surface area (Å²) in [7, 11) is 0.546. The van der Waals surface area contributed by atoms with Crippen LogP contribution in [0.3, 0.4) is 0 Å². The van der Waals surface area contributed by atoms with Gasteiger partial charge in [0.05, 0.1) is 25.2 Å². The van der Waals surface area contributed by atoms with Crippen LogP contribution in [0.1, 0.15) is 0 Å². The Labute approximate surface area is 132 Å². The Morgan fingerprint density at radius 3 is 2.68 bits per heavy atom. The third-order valence-corrected chi connectivity index (χ3v) is 4.85. The zero-order chi connectivity index (χ0) is 16.0. The van der Waals surface area contributed by atoms with E-state index in [0.717, 1.165) is 24.2 Å². The molecular weight excluding hydrogens is 296 g/mol. The summed E-state index contributed by atoms with van der Waals surface area (Å²) in [5.41, 5.74) is 0.879. The Bertz CT molecular complexity index is 578. The van der Waals surface area contributed by atoms with E-state index >= 15 is 0 Å². The Morgan fingerprint density at radius 2 is 2.05 bits per heavy atom. The number of aromatic nitrogens is 3. The molecule has 0 saturated carbocycles. The van der Waals surface area contributed by atoms with Crippen molar-refractivity contribution in [3.63, 3.8) is 0 Å². The third-order valence-electron chi connectivity index (χ3n) is 3.14. The van der Waals surface area contributed by atoms with Crippen LogP contribution >= 0.6 is 0 Å². The summed E-state index contributed by atoms with van der Waals surface area (Å²) in [4.78, 5) is 4.17. The Morgan fingerprint density at radius 1 is 1.23 bits per heavy atom. The van der Waals surface area contributed by atoms with Crippen LogP contribution in [-0.2, 0) is 11.5 Å². The van der Waals surface area contributed by atoms with Gasteiger partial charge in [-0.1, -0.05) is 19.6 Å². The van der Waals surface area contributed by atoms with Gasteiger partial charge >= 0.3 is 0 Å². The maximum Gasteiger partial charge on any atom is 0.213 e. The fraction of sp³-hybridized carbons (Fsp3) is 0.467. The van der Waals surface area contributed by atoms with Crippen LogP contribution in [0.4, 0.5) is 11.5 Å². The quantitative estimate of drug-likeness (QED) is 0.597. The second-order valence-electron chi connectivity index (χ2n) is 6.28. The fourth-order valence-corrected chi connectivity index (χ4v) is 2.55. The normalized spacial score (nSPS) is 11.5. The molecular formula is C15H24N4O2Si. The maximum atomic E-state index is 5.73. The van der Waals surface area contributed by atoms with Crippen LogP contribution in [0.2, 0.25) is 25.7 Å². The lowest BCUT2D eigenvalue weighted by Gasteiger charge is -2.16. The van der Waals surface area contributed by atoms with Gasteiger partial charge in [0, 0.05) is 26.8 Å². The molecule has 0 amide bonds. The first-order valence-corrected chi connectivity index (χ1v) is 11.1. The molecule has 1 N–H and O–H groups in total. The second kappa shape index (κ2) is 7.41. The number of anilines is 2. The van der Waals surface area contributed by atoms with Gasteiger partial charge in [0.25, 0.3) is 0 Å². The molecule has 0 atom stereocenters. The van der Waals surface area contributed by atoms with Crippen molar-refractivity contribution < 1.29 is 9.47 Å². The summed E-state index contributed by atoms with van der Waals surface area (Å²) in [5, 5.41) is 7.55. The van der Waals surface area contributed by atoms with E-state index in [1.165, 1.54) is 0 Å². The first kappa shape index (κ1) is 16.5. The fourth-order valence-electron chi connectivity index (χ4n) is 1.79. The molecule has 0 bridgehead atoms. The average Bonchev–Trinajstić information content (AvgIpc) is 2.91. The summed E-state index contributed by atoms with van der Waals surface area (Å²) in [6.45, 7) is 8.25. The molecule has 0 aliphatic heterocycles. The summed E-state index contributed by atoms with van der Waals surface area (Å²) in [5.74, 6) is 1.47. The smallest absolute Gasteiger partial charge is 0.213 e. The number of ether oxygens (including phenoxy) is 2. The number of rotatable bonds is 8. The molecule has 0 fully saturated rings. The van der Waals surface area contributed by atoms with Crippen LogP contribution in [0.5, 0.6) is 5.88 Å². The molecule has 2 heterocycles. The lowest BCUT2D eigenvalue weighted by atomic mass is 10.4. The molecule has 22 heavy (non-hydrogen) atoms. The molecule has 7 heteroatoms. The molecule has 0 radical (unpaired) electrons. The first-order valence-electron chi connectivity index (χ1n) is 7.34. The Hall–Kier alpha value is -1.86. The van der Waals surface area contributed by atoms with Crippen molar-refractivity contribution in [1.82, 2.24) is 14.8 Å². The van der Waals surface area contributed by atoms with Crippen LogP contribution in [0.15, 0.2) is 30.6 Å². The molecule has 2 aromatic heterocycles. The van der Waals surface area contributed by atoms with Gasteiger partial charge in [-0.05, 0) is 12.1 Å². The molecule has 2 aromatic rings. The molecule has 0 aliphatic rings. The SMILES string of the molecule is COc1ccc(Nc2ccnn2COCC[Si](C)(C)C)cn1. The van der Waals surface area contributed by atoms with Crippen molar-refractivity contribution in [2.45, 2.75) is 32.4 Å². The van der Waals surface area contributed by atoms with Crippen molar-refractivity contribution in [3.05, 3.63) is 30.6 Å². The molecule has 2 rings (SSSR count). The molecule has 0 aliphatic carbocycles. The summed E-state index contributed by atoms with van der Waals surface area (Å²) in [6, 6.07) is 6.79. The number of pyridine rings is 1. The van der Waals surface area contributed by atoms with E-state index in [-0.39, 0.29) is 0 Å². The van der Waals surface area contributed by atoms with Crippen LogP contribution in [0.25, 0.3) is 0 Å². The molecule has 0 saturated heterocycles. The summed E-state index contributed by atoms with van der Waals surface area (Å²) in [6.07, 6.45) is 3.48. The zero-order valence-electron chi connectivity index (χ0n) is 13.7. The number of methoxy groups -OCH3 is 1. The van der Waals surface area contributed by atoms with Gasteiger partial charge in [0.15, 0.2) is 0 Å². The van der Waals surface area contributed by atoms with E-state index in [2.05, 4.69) is 35.0 Å². The standard InChI is InChI=1S/C15H24N4O2Si/c1-20-15-6-5-13(11-16-15)18-14-7-8-17-19(14)12-21-9-10-22(2,3)4/h5-8,11,18H,9-10,12H2,1-4H3. The van der Waals surface area contributed by atoms with Crippen molar-refractivity contribution in [1.29, 1.82) is 0 Å². The predicted molar refractivity (Wildman–Crippen MR) is 90.4 cm³/mol. The van der Waals surface area contributed by atoms with Gasteiger partial charge in [0.2, 0.25) is 5.88 Å². The summed E-state index contributed by atoms with van der Waals surface area (Å²) < 4.78 is 12.6. The first-order chi connectivity index (χ1) is 10.5. The van der Waals surface area contributed by atoms with Crippen molar-refractivity contribution in [2.24, 2.45) is 0 Å². The van der Waals surface area contributed by atoms with Gasteiger partial charge in [-0.15, -0.1) is 0 Å². The molecule has 0 aromatic carbocycles. The van der Waals surface area contributed by atoms with Crippen LogP contribution in [-0.4, -0.2) is 36.6 Å². The van der Waals surface area contributed by atoms with Gasteiger partial charge in [-0.2, -0.15) is 5.10 Å². The molecule has 0 spiro atoms. The largest absolute Gasteiger partial charge is 0.481 e. The average molecular weight is 320 g/mol. The van der Waals surface area contributed by atoms with E-state index in [1.54, 1.807) is 24.2 Å². The van der Waals surface area contributed by atoms with Crippen molar-refractivity contribution >= 4 is 19.6 Å². The van der Waals surface area contributed by atoms with E-state index in [4.69, 9.17) is 9.47 Å². The number of hydrogen-bond donors (Lipinski definition) is 1. The van der Waals surface area contributed by atoms with Crippen LogP contribution < -0.4 is 10.1 Å². The zero-order valence-corrected chi connectivity index (χ0v) is 14.7. The Balaban J connectivity index is 1.88. The van der Waals surface area contributed by atoms with Gasteiger partial charge in [0.1, 0.15) is 12.5 Å². The van der Waals surface area contributed by atoms with Crippen LogP contribution in [0, 0.1) is 0 Å². The van der Waals surface area contributed by atoms with E-state index in [1.807, 2.05) is 18.2 Å². The highest BCUT2D eigenvalue weighted by Gasteiger charge is 2.12. The second-order valence-corrected chi connectivity index (χ2v) is 11.9. The lowest BCUT2D eigenvalue weighted by molar-refractivity contribution is 0.0801. The summed E-state index contributed by atoms with van der Waals surface area (Å²) >= 11 is 0. The minimum absolute atomic E-state index is 0.448.